The Morgan fingerprint density at radius 3 is 2.70 bits per heavy atom. The van der Waals surface area contributed by atoms with E-state index in [9.17, 15) is 9.65 Å². The first-order valence-corrected chi connectivity index (χ1v) is 11.1. The summed E-state index contributed by atoms with van der Waals surface area (Å²) in [5, 5.41) is 17.5. The molecule has 0 bridgehead atoms. The molecule has 7 nitrogen and oxygen atoms in total. The molecule has 33 heavy (non-hydrogen) atoms. The van der Waals surface area contributed by atoms with Crippen LogP contribution in [0.2, 0.25) is 0 Å². The van der Waals surface area contributed by atoms with Crippen molar-refractivity contribution in [2.75, 3.05) is 32.4 Å². The van der Waals surface area contributed by atoms with Crippen molar-refractivity contribution in [2.45, 2.75) is 25.2 Å². The van der Waals surface area contributed by atoms with Crippen LogP contribution in [0.25, 0.3) is 5.69 Å². The van der Waals surface area contributed by atoms with Gasteiger partial charge in [-0.15, -0.1) is 0 Å². The Morgan fingerprint density at radius 1 is 1.24 bits per heavy atom. The molecular formula is C25H28FN7. The number of nitrogen functional groups attached to an aromatic ring is 1. The highest BCUT2D eigenvalue weighted by Gasteiger charge is 2.25. The summed E-state index contributed by atoms with van der Waals surface area (Å²) in [6.45, 7) is 2.62. The average molecular weight is 446 g/mol. The van der Waals surface area contributed by atoms with Crippen molar-refractivity contribution < 1.29 is 4.39 Å². The number of nitrogens with two attached hydrogens (primary N) is 1. The summed E-state index contributed by atoms with van der Waals surface area (Å²) in [7, 11) is 1.80. The second-order valence-electron chi connectivity index (χ2n) is 8.13. The number of aliphatic imine (C=N–C) groups is 1. The number of likely N-dealkylation sites (tertiary alicyclic amines) is 1. The van der Waals surface area contributed by atoms with Crippen LogP contribution in [-0.4, -0.2) is 47.3 Å². The van der Waals surface area contributed by atoms with Gasteiger partial charge in [-0.05, 0) is 49.1 Å². The number of rotatable bonds is 6. The van der Waals surface area contributed by atoms with Crippen molar-refractivity contribution in [1.82, 2.24) is 20.0 Å². The molecule has 1 aliphatic heterocycles. The number of aryl methyl sites for hydroxylation is 1. The van der Waals surface area contributed by atoms with Crippen LogP contribution in [-0.2, 0) is 6.42 Å². The lowest BCUT2D eigenvalue weighted by Gasteiger charge is -2.21. The number of benzene rings is 2. The van der Waals surface area contributed by atoms with Crippen LogP contribution < -0.4 is 11.1 Å². The lowest BCUT2D eigenvalue weighted by Crippen LogP contribution is -2.40. The van der Waals surface area contributed by atoms with Crippen molar-refractivity contribution in [1.29, 1.82) is 5.26 Å². The third-order valence-corrected chi connectivity index (χ3v) is 6.02. The van der Waals surface area contributed by atoms with Gasteiger partial charge in [0.15, 0.2) is 5.96 Å². The summed E-state index contributed by atoms with van der Waals surface area (Å²) >= 11 is 0. The lowest BCUT2D eigenvalue weighted by atomic mass is 9.99. The number of aromatic nitrogens is 2. The molecule has 1 fully saturated rings. The standard InChI is InChI=1S/C25H28FN7/c1-29-25(32-15-13-19(17-32)18-6-3-2-4-7-18)30-14-5-8-23-22(16-27)24(28)33(31-23)21-11-9-20(26)10-12-21/h2-4,6-7,9-12,19H,5,8,13-15,17,28H2,1H3,(H,29,30). The molecular weight excluding hydrogens is 417 g/mol. The fourth-order valence-electron chi connectivity index (χ4n) is 4.29. The van der Waals surface area contributed by atoms with Crippen LogP contribution in [0.5, 0.6) is 0 Å². The molecule has 2 heterocycles. The van der Waals surface area contributed by atoms with Crippen LogP contribution in [0.1, 0.15) is 35.6 Å². The molecule has 4 rings (SSSR count). The second kappa shape index (κ2) is 10.2. The molecule has 0 saturated carbocycles. The normalized spacial score (nSPS) is 16.1. The van der Waals surface area contributed by atoms with Crippen molar-refractivity contribution in [2.24, 2.45) is 4.99 Å². The van der Waals surface area contributed by atoms with Gasteiger partial charge in [0.05, 0.1) is 11.4 Å². The Labute approximate surface area is 193 Å². The zero-order valence-corrected chi connectivity index (χ0v) is 18.7. The quantitative estimate of drug-likeness (QED) is 0.344. The zero-order chi connectivity index (χ0) is 23.2. The van der Waals surface area contributed by atoms with E-state index in [-0.39, 0.29) is 11.6 Å². The predicted molar refractivity (Wildman–Crippen MR) is 128 cm³/mol. The number of halogens is 1. The van der Waals surface area contributed by atoms with E-state index in [4.69, 9.17) is 5.73 Å². The van der Waals surface area contributed by atoms with Gasteiger partial charge < -0.3 is 16.0 Å². The number of nitrogens with one attached hydrogen (secondary N) is 1. The maximum absolute atomic E-state index is 13.2. The Balaban J connectivity index is 1.33. The summed E-state index contributed by atoms with van der Waals surface area (Å²) in [6, 6.07) is 18.6. The van der Waals surface area contributed by atoms with Crippen molar-refractivity contribution >= 4 is 11.8 Å². The molecule has 0 radical (unpaired) electrons. The molecule has 0 spiro atoms. The van der Waals surface area contributed by atoms with Gasteiger partial charge in [-0.2, -0.15) is 10.4 Å². The lowest BCUT2D eigenvalue weighted by molar-refractivity contribution is 0.484. The highest BCUT2D eigenvalue weighted by Crippen LogP contribution is 2.27. The van der Waals surface area contributed by atoms with Crippen LogP contribution in [0.15, 0.2) is 59.6 Å². The molecule has 1 atom stereocenters. The van der Waals surface area contributed by atoms with Crippen molar-refractivity contribution in [3.8, 4) is 11.8 Å². The number of guanidine groups is 1. The van der Waals surface area contributed by atoms with E-state index in [1.54, 1.807) is 19.2 Å². The SMILES string of the molecule is CN=C(NCCCc1nn(-c2ccc(F)cc2)c(N)c1C#N)N1CCC(c2ccccc2)C1. The molecule has 1 aliphatic rings. The topological polar surface area (TPSA) is 95.3 Å². The Hall–Kier alpha value is -3.86. The largest absolute Gasteiger partial charge is 0.382 e. The minimum absolute atomic E-state index is 0.270. The maximum Gasteiger partial charge on any atom is 0.193 e. The van der Waals surface area contributed by atoms with Crippen molar-refractivity contribution in [3.63, 3.8) is 0 Å². The fraction of sp³-hybridized carbons (Fsp3) is 0.320. The van der Waals surface area contributed by atoms with E-state index >= 15 is 0 Å². The van der Waals surface area contributed by atoms with Gasteiger partial charge in [0.25, 0.3) is 0 Å². The summed E-state index contributed by atoms with van der Waals surface area (Å²) in [4.78, 5) is 6.74. The van der Waals surface area contributed by atoms with E-state index in [1.807, 2.05) is 6.07 Å². The van der Waals surface area contributed by atoms with E-state index in [0.29, 0.717) is 35.8 Å². The first-order valence-electron chi connectivity index (χ1n) is 11.1. The number of nitriles is 1. The maximum atomic E-state index is 13.2. The molecule has 3 aromatic rings. The van der Waals surface area contributed by atoms with Gasteiger partial charge in [-0.3, -0.25) is 4.99 Å². The highest BCUT2D eigenvalue weighted by molar-refractivity contribution is 5.80. The summed E-state index contributed by atoms with van der Waals surface area (Å²) in [5.41, 5.74) is 9.15. The molecule has 0 amide bonds. The summed E-state index contributed by atoms with van der Waals surface area (Å²) in [5.74, 6) is 1.34. The van der Waals surface area contributed by atoms with E-state index in [2.05, 4.69) is 50.6 Å². The molecule has 1 saturated heterocycles. The van der Waals surface area contributed by atoms with Gasteiger partial charge in [-0.25, -0.2) is 9.07 Å². The van der Waals surface area contributed by atoms with Crippen LogP contribution in [0, 0.1) is 17.1 Å². The molecule has 2 aromatic carbocycles. The van der Waals surface area contributed by atoms with Gasteiger partial charge >= 0.3 is 0 Å². The van der Waals surface area contributed by atoms with E-state index in [1.165, 1.54) is 22.4 Å². The van der Waals surface area contributed by atoms with Crippen LogP contribution in [0.4, 0.5) is 10.2 Å². The van der Waals surface area contributed by atoms with Crippen molar-refractivity contribution in [3.05, 3.63) is 77.2 Å². The Kier molecular flexibility index (Phi) is 6.89. The zero-order valence-electron chi connectivity index (χ0n) is 18.7. The average Bonchev–Trinajstić information content (AvgIpc) is 3.45. The van der Waals surface area contributed by atoms with Gasteiger partial charge in [-0.1, -0.05) is 30.3 Å². The third kappa shape index (κ3) is 4.98. The Morgan fingerprint density at radius 2 is 2.00 bits per heavy atom. The molecule has 3 N–H and O–H groups in total. The number of hydrogen-bond donors (Lipinski definition) is 2. The van der Waals surface area contributed by atoms with Gasteiger partial charge in [0, 0.05) is 32.6 Å². The number of hydrogen-bond acceptors (Lipinski definition) is 4. The van der Waals surface area contributed by atoms with E-state index < -0.39 is 0 Å². The first-order chi connectivity index (χ1) is 16.1. The molecule has 1 unspecified atom stereocenters. The molecule has 8 heteroatoms. The third-order valence-electron chi connectivity index (χ3n) is 6.02. The van der Waals surface area contributed by atoms with Crippen LogP contribution in [0.3, 0.4) is 0 Å². The predicted octanol–water partition coefficient (Wildman–Crippen LogP) is 3.46. The number of anilines is 1. The minimum atomic E-state index is -0.335. The molecule has 1 aromatic heterocycles. The summed E-state index contributed by atoms with van der Waals surface area (Å²) in [6.07, 6.45) is 2.47. The minimum Gasteiger partial charge on any atom is -0.382 e. The highest BCUT2D eigenvalue weighted by atomic mass is 19.1. The second-order valence-corrected chi connectivity index (χ2v) is 8.13. The number of nitrogens with zero attached hydrogens (tertiary/aromatic N) is 5. The Bertz CT molecular complexity index is 1150. The summed E-state index contributed by atoms with van der Waals surface area (Å²) < 4.78 is 14.7. The molecule has 170 valence electrons. The molecule has 0 aliphatic carbocycles. The van der Waals surface area contributed by atoms with Crippen LogP contribution >= 0.6 is 0 Å². The van der Waals surface area contributed by atoms with E-state index in [0.717, 1.165) is 31.9 Å². The van der Waals surface area contributed by atoms with Gasteiger partial charge in [0.2, 0.25) is 0 Å². The van der Waals surface area contributed by atoms with Gasteiger partial charge in [0.1, 0.15) is 23.3 Å². The first kappa shape index (κ1) is 22.3. The fourth-order valence-corrected chi connectivity index (χ4v) is 4.29. The monoisotopic (exact) mass is 445 g/mol. The smallest absolute Gasteiger partial charge is 0.193 e.